The Hall–Kier alpha value is -2.77. The second kappa shape index (κ2) is 8.28. The standard InChI is InChI=1S/C16H15F6N3O2/c1-8(7-23)2-12(14(24)27)25-13(26)5-9-3-10(15(17,18)19)6-11(4-9)16(20,21)22/h3-4,6,8,12H,2,5H2,1H3,(H2,24,27)(H,25,26)/t8-,12+/m1/s1. The summed E-state index contributed by atoms with van der Waals surface area (Å²) < 4.78 is 76.9. The highest BCUT2D eigenvalue weighted by molar-refractivity contribution is 5.87. The number of carbonyl (C=O) groups is 2. The molecular weight excluding hydrogens is 380 g/mol. The lowest BCUT2D eigenvalue weighted by Gasteiger charge is -2.17. The molecule has 1 aromatic carbocycles. The number of benzene rings is 1. The van der Waals surface area contributed by atoms with E-state index in [1.54, 1.807) is 0 Å². The number of rotatable bonds is 6. The fourth-order valence-electron chi connectivity index (χ4n) is 2.20. The summed E-state index contributed by atoms with van der Waals surface area (Å²) in [6, 6.07) is 1.33. The lowest BCUT2D eigenvalue weighted by Crippen LogP contribution is -2.45. The second-order valence-electron chi connectivity index (χ2n) is 5.88. The van der Waals surface area contributed by atoms with Gasteiger partial charge in [0.1, 0.15) is 6.04 Å². The lowest BCUT2D eigenvalue weighted by molar-refractivity contribution is -0.143. The zero-order valence-electron chi connectivity index (χ0n) is 13.9. The van der Waals surface area contributed by atoms with Crippen molar-refractivity contribution in [3.63, 3.8) is 0 Å². The van der Waals surface area contributed by atoms with Gasteiger partial charge in [0.2, 0.25) is 11.8 Å². The molecule has 5 nitrogen and oxygen atoms in total. The Morgan fingerprint density at radius 1 is 1.11 bits per heavy atom. The van der Waals surface area contributed by atoms with Crippen molar-refractivity contribution in [1.29, 1.82) is 5.26 Å². The highest BCUT2D eigenvalue weighted by Crippen LogP contribution is 2.36. The minimum atomic E-state index is -5.04. The van der Waals surface area contributed by atoms with E-state index in [1.807, 2.05) is 6.07 Å². The van der Waals surface area contributed by atoms with Gasteiger partial charge in [-0.2, -0.15) is 31.6 Å². The fraction of sp³-hybridized carbons (Fsp3) is 0.438. The van der Waals surface area contributed by atoms with E-state index in [-0.39, 0.29) is 12.5 Å². The van der Waals surface area contributed by atoms with E-state index >= 15 is 0 Å². The van der Waals surface area contributed by atoms with Crippen molar-refractivity contribution in [2.45, 2.75) is 38.2 Å². The van der Waals surface area contributed by atoms with Gasteiger partial charge in [-0.1, -0.05) is 0 Å². The number of amides is 2. The number of nitrogens with zero attached hydrogens (tertiary/aromatic N) is 1. The van der Waals surface area contributed by atoms with Crippen LogP contribution in [0.2, 0.25) is 0 Å². The molecule has 0 aliphatic rings. The minimum Gasteiger partial charge on any atom is -0.368 e. The molecule has 0 bridgehead atoms. The number of primary amides is 1. The monoisotopic (exact) mass is 395 g/mol. The molecule has 2 atom stereocenters. The summed E-state index contributed by atoms with van der Waals surface area (Å²) in [5.41, 5.74) is 1.44. The normalized spacial score (nSPS) is 14.1. The molecule has 0 saturated heterocycles. The number of nitriles is 1. The molecule has 0 heterocycles. The Bertz CT molecular complexity index is 720. The first kappa shape index (κ1) is 22.3. The van der Waals surface area contributed by atoms with Gasteiger partial charge < -0.3 is 11.1 Å². The average Bonchev–Trinajstić information content (AvgIpc) is 2.51. The van der Waals surface area contributed by atoms with Crippen LogP contribution in [0.4, 0.5) is 26.3 Å². The largest absolute Gasteiger partial charge is 0.416 e. The van der Waals surface area contributed by atoms with Crippen molar-refractivity contribution in [2.75, 3.05) is 0 Å². The molecule has 1 rings (SSSR count). The third-order valence-corrected chi connectivity index (χ3v) is 3.50. The first-order valence-electron chi connectivity index (χ1n) is 7.50. The Morgan fingerprint density at radius 3 is 1.96 bits per heavy atom. The number of halogens is 6. The van der Waals surface area contributed by atoms with Gasteiger partial charge in [-0.3, -0.25) is 9.59 Å². The summed E-state index contributed by atoms with van der Waals surface area (Å²) in [5, 5.41) is 10.8. The minimum absolute atomic E-state index is 0.0534. The summed E-state index contributed by atoms with van der Waals surface area (Å²) in [5.74, 6) is -2.64. The second-order valence-corrected chi connectivity index (χ2v) is 5.88. The molecule has 11 heteroatoms. The Morgan fingerprint density at radius 2 is 1.59 bits per heavy atom. The van der Waals surface area contributed by atoms with Crippen LogP contribution in [0.5, 0.6) is 0 Å². The Balaban J connectivity index is 3.07. The number of alkyl halides is 6. The number of hydrogen-bond acceptors (Lipinski definition) is 3. The van der Waals surface area contributed by atoms with E-state index in [4.69, 9.17) is 11.0 Å². The Labute approximate surface area is 150 Å². The molecule has 0 fully saturated rings. The highest BCUT2D eigenvalue weighted by atomic mass is 19.4. The molecule has 0 spiro atoms. The van der Waals surface area contributed by atoms with E-state index in [2.05, 4.69) is 5.32 Å². The van der Waals surface area contributed by atoms with Gasteiger partial charge in [0.15, 0.2) is 0 Å². The van der Waals surface area contributed by atoms with Crippen LogP contribution in [-0.4, -0.2) is 17.9 Å². The number of carbonyl (C=O) groups excluding carboxylic acids is 2. The predicted octanol–water partition coefficient (Wildman–Crippen LogP) is 2.79. The van der Waals surface area contributed by atoms with E-state index in [0.717, 1.165) is 0 Å². The van der Waals surface area contributed by atoms with Gasteiger partial charge in [-0.15, -0.1) is 0 Å². The fourth-order valence-corrected chi connectivity index (χ4v) is 2.20. The molecule has 2 amide bonds. The maximum Gasteiger partial charge on any atom is 0.416 e. The van der Waals surface area contributed by atoms with E-state index in [1.165, 1.54) is 6.92 Å². The van der Waals surface area contributed by atoms with Crippen LogP contribution in [0.15, 0.2) is 18.2 Å². The Kier molecular flexibility index (Phi) is 6.83. The molecule has 0 aliphatic carbocycles. The third-order valence-electron chi connectivity index (χ3n) is 3.50. The van der Waals surface area contributed by atoms with Crippen LogP contribution < -0.4 is 11.1 Å². The summed E-state index contributed by atoms with van der Waals surface area (Å²) >= 11 is 0. The summed E-state index contributed by atoms with van der Waals surface area (Å²) in [7, 11) is 0. The van der Waals surface area contributed by atoms with Crippen LogP contribution in [0.25, 0.3) is 0 Å². The van der Waals surface area contributed by atoms with Crippen LogP contribution in [0, 0.1) is 17.2 Å². The van der Waals surface area contributed by atoms with Gasteiger partial charge in [0.05, 0.1) is 23.6 Å². The topological polar surface area (TPSA) is 96.0 Å². The van der Waals surface area contributed by atoms with Crippen molar-refractivity contribution in [3.05, 3.63) is 34.9 Å². The zero-order valence-corrected chi connectivity index (χ0v) is 13.9. The maximum atomic E-state index is 12.8. The van der Waals surface area contributed by atoms with Crippen LogP contribution in [-0.2, 0) is 28.4 Å². The highest BCUT2D eigenvalue weighted by Gasteiger charge is 2.37. The molecule has 0 unspecified atom stereocenters. The molecule has 0 radical (unpaired) electrons. The molecule has 0 aliphatic heterocycles. The van der Waals surface area contributed by atoms with Gasteiger partial charge in [0.25, 0.3) is 0 Å². The summed E-state index contributed by atoms with van der Waals surface area (Å²) in [6.07, 6.45) is -11.1. The summed E-state index contributed by atoms with van der Waals surface area (Å²) in [4.78, 5) is 23.3. The van der Waals surface area contributed by atoms with Crippen molar-refractivity contribution >= 4 is 11.8 Å². The number of hydrogen-bond donors (Lipinski definition) is 2. The van der Waals surface area contributed by atoms with E-state index < -0.39 is 59.2 Å². The third kappa shape index (κ3) is 6.80. The molecule has 0 aromatic heterocycles. The first-order chi connectivity index (χ1) is 12.2. The SMILES string of the molecule is C[C@@H](C#N)C[C@H](NC(=O)Cc1cc(C(F)(F)F)cc(C(F)(F)F)c1)C(N)=O. The number of nitrogens with one attached hydrogen (secondary N) is 1. The van der Waals surface area contributed by atoms with Crippen molar-refractivity contribution < 1.29 is 35.9 Å². The zero-order chi connectivity index (χ0) is 21.0. The molecule has 1 aromatic rings. The van der Waals surface area contributed by atoms with E-state index in [0.29, 0.717) is 12.1 Å². The quantitative estimate of drug-likeness (QED) is 0.725. The van der Waals surface area contributed by atoms with Crippen LogP contribution in [0.3, 0.4) is 0 Å². The van der Waals surface area contributed by atoms with Crippen molar-refractivity contribution in [2.24, 2.45) is 11.7 Å². The van der Waals surface area contributed by atoms with Crippen LogP contribution >= 0.6 is 0 Å². The van der Waals surface area contributed by atoms with Crippen molar-refractivity contribution in [1.82, 2.24) is 5.32 Å². The van der Waals surface area contributed by atoms with Gasteiger partial charge in [-0.25, -0.2) is 0 Å². The molecule has 0 saturated carbocycles. The number of nitrogens with two attached hydrogens (primary N) is 1. The van der Waals surface area contributed by atoms with Gasteiger partial charge in [0, 0.05) is 5.92 Å². The maximum absolute atomic E-state index is 12.8. The molecule has 148 valence electrons. The smallest absolute Gasteiger partial charge is 0.368 e. The lowest BCUT2D eigenvalue weighted by atomic mass is 10.0. The average molecular weight is 395 g/mol. The van der Waals surface area contributed by atoms with Crippen molar-refractivity contribution in [3.8, 4) is 6.07 Å². The first-order valence-corrected chi connectivity index (χ1v) is 7.50. The van der Waals surface area contributed by atoms with Gasteiger partial charge >= 0.3 is 12.4 Å². The molecule has 27 heavy (non-hydrogen) atoms. The van der Waals surface area contributed by atoms with Crippen LogP contribution in [0.1, 0.15) is 30.0 Å². The van der Waals surface area contributed by atoms with Gasteiger partial charge in [-0.05, 0) is 37.1 Å². The molecule has 3 N–H and O–H groups in total. The summed E-state index contributed by atoms with van der Waals surface area (Å²) in [6.45, 7) is 1.45. The van der Waals surface area contributed by atoms with E-state index in [9.17, 15) is 35.9 Å². The predicted molar refractivity (Wildman–Crippen MR) is 80.7 cm³/mol. The molecular formula is C16H15F6N3O2.